The highest BCUT2D eigenvalue weighted by Gasteiger charge is 2.30. The number of aryl methyl sites for hydroxylation is 1. The van der Waals surface area contributed by atoms with Gasteiger partial charge in [-0.2, -0.15) is 0 Å². The van der Waals surface area contributed by atoms with Crippen molar-refractivity contribution in [3.8, 4) is 0 Å². The molecule has 2 aliphatic heterocycles. The first-order valence-electron chi connectivity index (χ1n) is 8.95. The Morgan fingerprint density at radius 1 is 1.36 bits per heavy atom. The van der Waals surface area contributed by atoms with E-state index in [9.17, 15) is 4.79 Å². The van der Waals surface area contributed by atoms with Gasteiger partial charge in [0.2, 0.25) is 0 Å². The van der Waals surface area contributed by atoms with Gasteiger partial charge in [0.15, 0.2) is 0 Å². The molecule has 3 rings (SSSR count). The molecule has 25 heavy (non-hydrogen) atoms. The lowest BCUT2D eigenvalue weighted by atomic mass is 10.0. The number of carbonyl (C=O) groups is 1. The maximum Gasteiger partial charge on any atom is 0.410 e. The molecule has 5 nitrogen and oxygen atoms in total. The molecule has 0 aliphatic carbocycles. The van der Waals surface area contributed by atoms with Gasteiger partial charge in [-0.25, -0.2) is 4.79 Å². The van der Waals surface area contributed by atoms with E-state index in [0.717, 1.165) is 31.0 Å². The van der Waals surface area contributed by atoms with Crippen molar-refractivity contribution in [1.29, 1.82) is 0 Å². The van der Waals surface area contributed by atoms with Crippen molar-refractivity contribution in [2.45, 2.75) is 45.3 Å². The first-order chi connectivity index (χ1) is 11.8. The lowest BCUT2D eigenvalue weighted by molar-refractivity contribution is -0.0390. The number of rotatable bonds is 2. The minimum absolute atomic E-state index is 0.0112. The summed E-state index contributed by atoms with van der Waals surface area (Å²) < 4.78 is 11.4. The molecule has 2 aliphatic rings. The third-order valence-corrected chi connectivity index (χ3v) is 4.71. The Hall–Kier alpha value is -1.46. The number of amides is 1. The van der Waals surface area contributed by atoms with Crippen LogP contribution in [0.1, 0.15) is 32.8 Å². The number of anilines is 1. The summed E-state index contributed by atoms with van der Waals surface area (Å²) in [5.41, 5.74) is 2.04. The number of hydrogen-bond acceptors (Lipinski definition) is 4. The highest BCUT2D eigenvalue weighted by atomic mass is 35.5. The van der Waals surface area contributed by atoms with E-state index in [1.807, 2.05) is 26.8 Å². The Bertz CT molecular complexity index is 630. The number of ether oxygens (including phenoxy) is 2. The minimum Gasteiger partial charge on any atom is -0.444 e. The summed E-state index contributed by atoms with van der Waals surface area (Å²) in [6.45, 7) is 9.13. The van der Waals surface area contributed by atoms with E-state index in [1.54, 1.807) is 4.90 Å². The first-order valence-corrected chi connectivity index (χ1v) is 9.32. The fraction of sp³-hybridized carbons (Fsp3) is 0.632. The lowest BCUT2D eigenvalue weighted by Crippen LogP contribution is -2.51. The molecule has 0 spiro atoms. The summed E-state index contributed by atoms with van der Waals surface area (Å²) in [6.07, 6.45) is 1.90. The van der Waals surface area contributed by atoms with Crippen molar-refractivity contribution < 1.29 is 14.3 Å². The van der Waals surface area contributed by atoms with E-state index in [-0.39, 0.29) is 12.2 Å². The zero-order chi connectivity index (χ0) is 18.0. The fourth-order valence-electron chi connectivity index (χ4n) is 3.40. The fourth-order valence-corrected chi connectivity index (χ4v) is 3.60. The summed E-state index contributed by atoms with van der Waals surface area (Å²) in [7, 11) is 0. The average Bonchev–Trinajstić information content (AvgIpc) is 2.53. The molecular formula is C19H27ClN2O3. The van der Waals surface area contributed by atoms with E-state index >= 15 is 0 Å². The maximum atomic E-state index is 12.3. The molecule has 2 heterocycles. The predicted molar refractivity (Wildman–Crippen MR) is 99.5 cm³/mol. The van der Waals surface area contributed by atoms with Gasteiger partial charge in [-0.05, 0) is 57.4 Å². The van der Waals surface area contributed by atoms with Crippen molar-refractivity contribution in [3.63, 3.8) is 0 Å². The number of benzene rings is 1. The molecule has 138 valence electrons. The monoisotopic (exact) mass is 366 g/mol. The molecule has 6 heteroatoms. The zero-order valence-corrected chi connectivity index (χ0v) is 16.0. The van der Waals surface area contributed by atoms with Gasteiger partial charge in [0, 0.05) is 30.3 Å². The van der Waals surface area contributed by atoms with Gasteiger partial charge < -0.3 is 19.3 Å². The van der Waals surface area contributed by atoms with Crippen LogP contribution in [0.4, 0.5) is 10.5 Å². The molecule has 1 atom stereocenters. The third kappa shape index (κ3) is 4.79. The summed E-state index contributed by atoms with van der Waals surface area (Å²) in [4.78, 5) is 16.4. The van der Waals surface area contributed by atoms with Crippen molar-refractivity contribution in [3.05, 3.63) is 28.8 Å². The third-order valence-electron chi connectivity index (χ3n) is 4.47. The second kappa shape index (κ2) is 7.42. The molecule has 1 fully saturated rings. The van der Waals surface area contributed by atoms with Gasteiger partial charge in [-0.15, -0.1) is 0 Å². The Labute approximate surface area is 154 Å². The molecule has 1 saturated heterocycles. The molecule has 0 saturated carbocycles. The molecule has 1 aromatic carbocycles. The number of halogens is 1. The summed E-state index contributed by atoms with van der Waals surface area (Å²) in [6, 6.07) is 6.08. The Morgan fingerprint density at radius 2 is 2.16 bits per heavy atom. The molecular weight excluding hydrogens is 340 g/mol. The Kier molecular flexibility index (Phi) is 5.44. The largest absolute Gasteiger partial charge is 0.444 e. The average molecular weight is 367 g/mol. The van der Waals surface area contributed by atoms with Gasteiger partial charge in [0.05, 0.1) is 19.3 Å². The number of nitrogens with zero attached hydrogens (tertiary/aromatic N) is 2. The highest BCUT2D eigenvalue weighted by molar-refractivity contribution is 6.30. The van der Waals surface area contributed by atoms with E-state index in [2.05, 4.69) is 17.0 Å². The molecule has 0 bridgehead atoms. The van der Waals surface area contributed by atoms with Gasteiger partial charge >= 0.3 is 6.09 Å². The standard InChI is InChI=1S/C19H27ClN2O3/c1-19(2,3)25-18(23)22-9-10-24-16(13-22)12-21-8-4-5-14-11-15(20)6-7-17(14)21/h6-7,11,16H,4-5,8-10,12-13H2,1-3H3/t16-/m0/s1. The van der Waals surface area contributed by atoms with Crippen LogP contribution in [0.25, 0.3) is 0 Å². The maximum absolute atomic E-state index is 12.3. The van der Waals surface area contributed by atoms with Crippen LogP contribution in [-0.4, -0.2) is 55.5 Å². The van der Waals surface area contributed by atoms with Crippen LogP contribution in [0, 0.1) is 0 Å². The van der Waals surface area contributed by atoms with Crippen LogP contribution in [0.5, 0.6) is 0 Å². The van der Waals surface area contributed by atoms with Gasteiger partial charge in [-0.3, -0.25) is 0 Å². The Morgan fingerprint density at radius 3 is 2.92 bits per heavy atom. The van der Waals surface area contributed by atoms with Crippen LogP contribution in [0.3, 0.4) is 0 Å². The second-order valence-electron chi connectivity index (χ2n) is 7.74. The van der Waals surface area contributed by atoms with Crippen molar-refractivity contribution in [2.75, 3.05) is 37.7 Å². The molecule has 0 radical (unpaired) electrons. The number of fused-ring (bicyclic) bond motifs is 1. The van der Waals surface area contributed by atoms with Crippen LogP contribution in [0.15, 0.2) is 18.2 Å². The molecule has 0 aromatic heterocycles. The smallest absolute Gasteiger partial charge is 0.410 e. The zero-order valence-electron chi connectivity index (χ0n) is 15.3. The normalized spacial score (nSPS) is 21.0. The van der Waals surface area contributed by atoms with E-state index in [0.29, 0.717) is 19.7 Å². The summed E-state index contributed by atoms with van der Waals surface area (Å²) >= 11 is 6.12. The van der Waals surface area contributed by atoms with Gasteiger partial charge in [-0.1, -0.05) is 11.6 Å². The minimum atomic E-state index is -0.476. The topological polar surface area (TPSA) is 42.0 Å². The van der Waals surface area contributed by atoms with Gasteiger partial charge in [0.25, 0.3) is 0 Å². The predicted octanol–water partition coefficient (Wildman–Crippen LogP) is 3.73. The molecule has 1 amide bonds. The van der Waals surface area contributed by atoms with Crippen LogP contribution in [0.2, 0.25) is 5.02 Å². The highest BCUT2D eigenvalue weighted by Crippen LogP contribution is 2.30. The molecule has 0 N–H and O–H groups in total. The van der Waals surface area contributed by atoms with Crippen molar-refractivity contribution in [2.24, 2.45) is 0 Å². The van der Waals surface area contributed by atoms with Crippen molar-refractivity contribution >= 4 is 23.4 Å². The summed E-state index contributed by atoms with van der Waals surface area (Å²) in [5, 5.41) is 0.783. The Balaban J connectivity index is 1.63. The summed E-state index contributed by atoms with van der Waals surface area (Å²) in [5.74, 6) is 0. The van der Waals surface area contributed by atoms with E-state index in [1.165, 1.54) is 11.3 Å². The van der Waals surface area contributed by atoms with Crippen LogP contribution in [-0.2, 0) is 15.9 Å². The second-order valence-corrected chi connectivity index (χ2v) is 8.18. The van der Waals surface area contributed by atoms with E-state index in [4.69, 9.17) is 21.1 Å². The number of hydrogen-bond donors (Lipinski definition) is 0. The van der Waals surface area contributed by atoms with Crippen LogP contribution < -0.4 is 4.90 Å². The lowest BCUT2D eigenvalue weighted by Gasteiger charge is -2.38. The number of morpholine rings is 1. The first kappa shape index (κ1) is 18.3. The molecule has 0 unspecified atom stereocenters. The molecule has 1 aromatic rings. The SMILES string of the molecule is CC(C)(C)OC(=O)N1CCO[C@@H](CN2CCCc3cc(Cl)ccc32)C1. The van der Waals surface area contributed by atoms with Crippen LogP contribution >= 0.6 is 11.6 Å². The quantitative estimate of drug-likeness (QED) is 0.799. The van der Waals surface area contributed by atoms with Gasteiger partial charge in [0.1, 0.15) is 5.60 Å². The van der Waals surface area contributed by atoms with E-state index < -0.39 is 5.60 Å². The van der Waals surface area contributed by atoms with Crippen molar-refractivity contribution in [1.82, 2.24) is 4.90 Å². The number of carbonyl (C=O) groups excluding carboxylic acids is 1.